The molecule has 62 valence electrons. The molecule has 12 heavy (non-hydrogen) atoms. The van der Waals surface area contributed by atoms with Gasteiger partial charge in [0.05, 0.1) is 10.9 Å². The predicted molar refractivity (Wildman–Crippen MR) is 46.8 cm³/mol. The van der Waals surface area contributed by atoms with Crippen LogP contribution < -0.4 is 0 Å². The Morgan fingerprint density at radius 3 is 2.92 bits per heavy atom. The maximum atomic E-state index is 12.9. The maximum absolute atomic E-state index is 12.9. The van der Waals surface area contributed by atoms with E-state index in [2.05, 4.69) is 16.8 Å². The fourth-order valence-electron chi connectivity index (χ4n) is 0.624. The van der Waals surface area contributed by atoms with Crippen molar-refractivity contribution in [3.8, 4) is 11.8 Å². The van der Waals surface area contributed by atoms with E-state index in [0.717, 1.165) is 6.07 Å². The Bertz CT molecular complexity index is 341. The molecule has 0 amide bonds. The molecule has 1 heterocycles. The number of alkyl halides is 1. The van der Waals surface area contributed by atoms with Crippen molar-refractivity contribution in [2.75, 3.05) is 5.88 Å². The van der Waals surface area contributed by atoms with Gasteiger partial charge in [-0.05, 0) is 12.0 Å². The van der Waals surface area contributed by atoms with E-state index in [1.165, 1.54) is 6.20 Å². The molecule has 0 atom stereocenters. The molecule has 1 aromatic heterocycles. The van der Waals surface area contributed by atoms with Gasteiger partial charge in [0.15, 0.2) is 5.82 Å². The van der Waals surface area contributed by atoms with Gasteiger partial charge in [-0.2, -0.15) is 0 Å². The number of rotatable bonds is 0. The lowest BCUT2D eigenvalue weighted by molar-refractivity contribution is 0.617. The van der Waals surface area contributed by atoms with E-state index >= 15 is 0 Å². The molecule has 1 aromatic rings. The maximum Gasteiger partial charge on any atom is 0.158 e. The Morgan fingerprint density at radius 1 is 1.58 bits per heavy atom. The van der Waals surface area contributed by atoms with Crippen molar-refractivity contribution in [2.45, 2.75) is 0 Å². The van der Waals surface area contributed by atoms with E-state index in [-0.39, 0.29) is 16.6 Å². The Labute approximate surface area is 79.5 Å². The molecule has 0 aliphatic rings. The minimum atomic E-state index is -0.528. The van der Waals surface area contributed by atoms with Gasteiger partial charge in [0, 0.05) is 6.20 Å². The van der Waals surface area contributed by atoms with E-state index < -0.39 is 5.82 Å². The summed E-state index contributed by atoms with van der Waals surface area (Å²) < 4.78 is 12.9. The van der Waals surface area contributed by atoms with Gasteiger partial charge >= 0.3 is 0 Å². The number of hydrogen-bond acceptors (Lipinski definition) is 1. The van der Waals surface area contributed by atoms with Crippen LogP contribution in [0, 0.1) is 17.7 Å². The van der Waals surface area contributed by atoms with E-state index in [0.29, 0.717) is 0 Å². The van der Waals surface area contributed by atoms with Crippen molar-refractivity contribution in [1.82, 2.24) is 4.98 Å². The van der Waals surface area contributed by atoms with Crippen LogP contribution in [-0.4, -0.2) is 10.9 Å². The molecule has 0 aliphatic carbocycles. The van der Waals surface area contributed by atoms with Crippen LogP contribution in [0.15, 0.2) is 12.3 Å². The molecule has 4 heteroatoms. The Morgan fingerprint density at radius 2 is 2.33 bits per heavy atom. The second kappa shape index (κ2) is 4.30. The average molecular weight is 204 g/mol. The SMILES string of the molecule is Fc1cc(Cl)cnc1C#CCCl. The normalized spacial score (nSPS) is 8.92. The molecule has 1 rings (SSSR count). The third-order valence-electron chi connectivity index (χ3n) is 1.08. The van der Waals surface area contributed by atoms with Crippen LogP contribution in [0.1, 0.15) is 5.69 Å². The minimum absolute atomic E-state index is 0.0695. The minimum Gasteiger partial charge on any atom is -0.243 e. The van der Waals surface area contributed by atoms with Gasteiger partial charge in [-0.1, -0.05) is 17.5 Å². The summed E-state index contributed by atoms with van der Waals surface area (Å²) in [4.78, 5) is 3.68. The van der Waals surface area contributed by atoms with Gasteiger partial charge < -0.3 is 0 Å². The fraction of sp³-hybridized carbons (Fsp3) is 0.125. The fourth-order valence-corrected chi connectivity index (χ4v) is 0.835. The monoisotopic (exact) mass is 203 g/mol. The molecule has 0 unspecified atom stereocenters. The number of halogens is 3. The molecular formula is C8H4Cl2FN. The molecule has 0 saturated carbocycles. The van der Waals surface area contributed by atoms with Gasteiger partial charge in [0.1, 0.15) is 5.69 Å². The van der Waals surface area contributed by atoms with E-state index in [9.17, 15) is 4.39 Å². The summed E-state index contributed by atoms with van der Waals surface area (Å²) in [5.74, 6) is 4.59. The van der Waals surface area contributed by atoms with Crippen LogP contribution in [-0.2, 0) is 0 Å². The average Bonchev–Trinajstić information content (AvgIpc) is 2.03. The number of hydrogen-bond donors (Lipinski definition) is 0. The molecule has 0 N–H and O–H groups in total. The summed E-state index contributed by atoms with van der Waals surface area (Å²) in [5, 5.41) is 0.254. The van der Waals surface area contributed by atoms with E-state index in [1.807, 2.05) is 0 Å². The highest BCUT2D eigenvalue weighted by atomic mass is 35.5. The van der Waals surface area contributed by atoms with Crippen molar-refractivity contribution >= 4 is 23.2 Å². The van der Waals surface area contributed by atoms with Crippen LogP contribution >= 0.6 is 23.2 Å². The Kier molecular flexibility index (Phi) is 3.33. The van der Waals surface area contributed by atoms with Crippen LogP contribution in [0.3, 0.4) is 0 Å². The Hall–Kier alpha value is -0.780. The smallest absolute Gasteiger partial charge is 0.158 e. The number of nitrogens with zero attached hydrogens (tertiary/aromatic N) is 1. The lowest BCUT2D eigenvalue weighted by atomic mass is 10.3. The number of aromatic nitrogens is 1. The molecule has 0 spiro atoms. The van der Waals surface area contributed by atoms with Crippen molar-refractivity contribution in [3.63, 3.8) is 0 Å². The first-order valence-corrected chi connectivity index (χ1v) is 4.01. The Balaban J connectivity index is 3.01. The topological polar surface area (TPSA) is 12.9 Å². The van der Waals surface area contributed by atoms with Crippen molar-refractivity contribution < 1.29 is 4.39 Å². The second-order valence-corrected chi connectivity index (χ2v) is 2.62. The van der Waals surface area contributed by atoms with Gasteiger partial charge in [-0.15, -0.1) is 11.6 Å². The molecule has 0 aliphatic heterocycles. The van der Waals surface area contributed by atoms with E-state index in [4.69, 9.17) is 23.2 Å². The van der Waals surface area contributed by atoms with Crippen LogP contribution in [0.2, 0.25) is 5.02 Å². The molecule has 0 aromatic carbocycles. The first kappa shape index (κ1) is 9.31. The van der Waals surface area contributed by atoms with Gasteiger partial charge in [0.2, 0.25) is 0 Å². The third kappa shape index (κ3) is 2.37. The standard InChI is InChI=1S/C8H4Cl2FN/c9-3-1-2-8-7(11)4-6(10)5-12-8/h4-5H,3H2. The first-order chi connectivity index (χ1) is 5.74. The summed E-state index contributed by atoms with van der Waals surface area (Å²) in [6, 6.07) is 1.16. The zero-order valence-electron chi connectivity index (χ0n) is 5.94. The highest BCUT2D eigenvalue weighted by molar-refractivity contribution is 6.30. The largest absolute Gasteiger partial charge is 0.243 e. The lowest BCUT2D eigenvalue weighted by Crippen LogP contribution is -1.88. The molecule has 0 radical (unpaired) electrons. The van der Waals surface area contributed by atoms with E-state index in [1.54, 1.807) is 0 Å². The lowest BCUT2D eigenvalue weighted by Gasteiger charge is -1.92. The summed E-state index contributed by atoms with van der Waals surface area (Å²) in [7, 11) is 0. The molecule has 1 nitrogen and oxygen atoms in total. The highest BCUT2D eigenvalue weighted by Gasteiger charge is 1.99. The predicted octanol–water partition coefficient (Wildman–Crippen LogP) is 2.46. The summed E-state index contributed by atoms with van der Waals surface area (Å²) in [6.45, 7) is 0. The zero-order valence-corrected chi connectivity index (χ0v) is 7.45. The quantitative estimate of drug-likeness (QED) is 0.467. The highest BCUT2D eigenvalue weighted by Crippen LogP contribution is 2.10. The summed E-state index contributed by atoms with van der Waals surface area (Å²) in [6.07, 6.45) is 1.34. The summed E-state index contributed by atoms with van der Waals surface area (Å²) in [5.41, 5.74) is 0.0695. The van der Waals surface area contributed by atoms with Crippen LogP contribution in [0.4, 0.5) is 4.39 Å². The van der Waals surface area contributed by atoms with Crippen molar-refractivity contribution in [1.29, 1.82) is 0 Å². The van der Waals surface area contributed by atoms with Crippen LogP contribution in [0.25, 0.3) is 0 Å². The van der Waals surface area contributed by atoms with Gasteiger partial charge in [-0.25, -0.2) is 9.37 Å². The molecule has 0 fully saturated rings. The number of pyridine rings is 1. The van der Waals surface area contributed by atoms with Crippen molar-refractivity contribution in [2.24, 2.45) is 0 Å². The van der Waals surface area contributed by atoms with Crippen LogP contribution in [0.5, 0.6) is 0 Å². The third-order valence-corrected chi connectivity index (χ3v) is 1.42. The van der Waals surface area contributed by atoms with Gasteiger partial charge in [-0.3, -0.25) is 0 Å². The molecular weight excluding hydrogens is 200 g/mol. The molecule has 0 saturated heterocycles. The second-order valence-electron chi connectivity index (χ2n) is 1.92. The molecule has 0 bridgehead atoms. The van der Waals surface area contributed by atoms with Crippen molar-refractivity contribution in [3.05, 3.63) is 28.8 Å². The summed E-state index contributed by atoms with van der Waals surface area (Å²) >= 11 is 10.8. The zero-order chi connectivity index (χ0) is 8.97. The first-order valence-electron chi connectivity index (χ1n) is 3.10. The van der Waals surface area contributed by atoms with Gasteiger partial charge in [0.25, 0.3) is 0 Å².